The van der Waals surface area contributed by atoms with Gasteiger partial charge in [-0.2, -0.15) is 0 Å². The molecule has 5 nitrogen and oxygen atoms in total. The first-order chi connectivity index (χ1) is 8.69. The minimum atomic E-state index is -0.227. The summed E-state index contributed by atoms with van der Waals surface area (Å²) in [6, 6.07) is 3.49. The number of hydrogen-bond acceptors (Lipinski definition) is 4. The number of methoxy groups -OCH3 is 1. The highest BCUT2D eigenvalue weighted by Crippen LogP contribution is 2.25. The minimum absolute atomic E-state index is 0.104. The molecule has 0 spiro atoms. The quantitative estimate of drug-likeness (QED) is 0.861. The Morgan fingerprint density at radius 2 is 2.17 bits per heavy atom. The second kappa shape index (κ2) is 4.03. The summed E-state index contributed by atoms with van der Waals surface area (Å²) in [6.07, 6.45) is 1.26. The molecule has 0 atom stereocenters. The lowest BCUT2D eigenvalue weighted by Gasteiger charge is -2.04. The van der Waals surface area contributed by atoms with E-state index in [1.165, 1.54) is 0 Å². The van der Waals surface area contributed by atoms with Crippen LogP contribution in [-0.4, -0.2) is 22.9 Å². The molecule has 2 aromatic rings. The zero-order valence-electron chi connectivity index (χ0n) is 9.95. The number of ketones is 1. The van der Waals surface area contributed by atoms with Crippen LogP contribution in [0.3, 0.4) is 0 Å². The predicted octanol–water partition coefficient (Wildman–Crippen LogP) is 1.20. The van der Waals surface area contributed by atoms with Crippen LogP contribution in [0.15, 0.2) is 16.9 Å². The second-order valence-corrected chi connectivity index (χ2v) is 4.40. The van der Waals surface area contributed by atoms with Gasteiger partial charge in [-0.05, 0) is 24.1 Å². The van der Waals surface area contributed by atoms with Gasteiger partial charge in [0.1, 0.15) is 12.4 Å². The number of nitrogens with zero attached hydrogens (tertiary/aromatic N) is 1. The molecule has 0 saturated carbocycles. The molecule has 5 heteroatoms. The van der Waals surface area contributed by atoms with E-state index in [0.717, 1.165) is 12.0 Å². The molecule has 0 aliphatic heterocycles. The normalized spacial score (nSPS) is 14.2. The van der Waals surface area contributed by atoms with E-state index in [4.69, 9.17) is 4.74 Å². The number of hydrogen-bond donors (Lipinski definition) is 1. The van der Waals surface area contributed by atoms with E-state index in [0.29, 0.717) is 28.7 Å². The molecule has 1 N–H and O–H groups in total. The third-order valence-corrected chi connectivity index (χ3v) is 3.18. The van der Waals surface area contributed by atoms with Crippen molar-refractivity contribution in [1.29, 1.82) is 0 Å². The summed E-state index contributed by atoms with van der Waals surface area (Å²) in [7, 11) is 1.55. The average molecular weight is 244 g/mol. The Balaban J connectivity index is 2.27. The van der Waals surface area contributed by atoms with Crippen LogP contribution < -0.4 is 5.56 Å². The summed E-state index contributed by atoms with van der Waals surface area (Å²) >= 11 is 0. The summed E-state index contributed by atoms with van der Waals surface area (Å²) < 4.78 is 4.95. The van der Waals surface area contributed by atoms with Crippen molar-refractivity contribution in [2.24, 2.45) is 0 Å². The molecule has 1 aromatic heterocycles. The van der Waals surface area contributed by atoms with Gasteiger partial charge in [-0.25, -0.2) is 4.98 Å². The number of Topliss-reactive ketones (excluding diaryl/α,β-unsaturated/α-hetero) is 1. The molecule has 0 fully saturated rings. The Morgan fingerprint density at radius 3 is 2.94 bits per heavy atom. The Labute approximate surface area is 103 Å². The first-order valence-corrected chi connectivity index (χ1v) is 5.77. The number of carbonyl (C=O) groups is 1. The fourth-order valence-corrected chi connectivity index (χ4v) is 2.33. The van der Waals surface area contributed by atoms with Crippen LogP contribution in [0.25, 0.3) is 10.9 Å². The fourth-order valence-electron chi connectivity index (χ4n) is 2.33. The maximum atomic E-state index is 11.9. The highest BCUT2D eigenvalue weighted by molar-refractivity contribution is 6.03. The Morgan fingerprint density at radius 1 is 1.33 bits per heavy atom. The van der Waals surface area contributed by atoms with Crippen molar-refractivity contribution in [3.8, 4) is 0 Å². The van der Waals surface area contributed by atoms with Gasteiger partial charge in [-0.1, -0.05) is 0 Å². The number of nitrogens with one attached hydrogen (secondary N) is 1. The lowest BCUT2D eigenvalue weighted by molar-refractivity contribution is 0.0994. The van der Waals surface area contributed by atoms with Crippen molar-refractivity contribution >= 4 is 16.7 Å². The number of ether oxygens (including phenoxy) is 1. The summed E-state index contributed by atoms with van der Waals surface area (Å²) in [6.45, 7) is 0.265. The monoisotopic (exact) mass is 244 g/mol. The van der Waals surface area contributed by atoms with E-state index in [1.807, 2.05) is 6.07 Å². The lowest BCUT2D eigenvalue weighted by Crippen LogP contribution is -2.13. The molecular weight excluding hydrogens is 232 g/mol. The number of aryl methyl sites for hydroxylation is 1. The molecule has 1 aliphatic carbocycles. The average Bonchev–Trinajstić information content (AvgIpc) is 2.69. The first kappa shape index (κ1) is 11.1. The number of rotatable bonds is 2. The fraction of sp³-hybridized carbons (Fsp3) is 0.308. The van der Waals surface area contributed by atoms with Crippen molar-refractivity contribution in [2.45, 2.75) is 19.4 Å². The maximum Gasteiger partial charge on any atom is 0.258 e. The minimum Gasteiger partial charge on any atom is -0.377 e. The standard InChI is InChI=1S/C13H12N2O3/c1-18-6-12-14-10-4-7-2-3-11(16)8(7)5-9(10)13(17)15-12/h4-5H,2-3,6H2,1H3,(H,14,15,17). The van der Waals surface area contributed by atoms with E-state index in [2.05, 4.69) is 9.97 Å². The molecule has 0 saturated heterocycles. The van der Waals surface area contributed by atoms with E-state index in [1.54, 1.807) is 13.2 Å². The topological polar surface area (TPSA) is 72.0 Å². The number of fused-ring (bicyclic) bond motifs is 2. The molecule has 18 heavy (non-hydrogen) atoms. The number of H-pyrrole nitrogens is 1. The summed E-state index contributed by atoms with van der Waals surface area (Å²) in [4.78, 5) is 30.5. The van der Waals surface area contributed by atoms with Crippen molar-refractivity contribution in [3.63, 3.8) is 0 Å². The number of carbonyl (C=O) groups excluding carboxylic acids is 1. The molecular formula is C13H12N2O3. The third-order valence-electron chi connectivity index (χ3n) is 3.18. The van der Waals surface area contributed by atoms with Gasteiger partial charge in [0.2, 0.25) is 0 Å². The molecule has 1 heterocycles. The molecule has 1 aromatic carbocycles. The highest BCUT2D eigenvalue weighted by atomic mass is 16.5. The zero-order valence-corrected chi connectivity index (χ0v) is 9.95. The first-order valence-electron chi connectivity index (χ1n) is 5.77. The summed E-state index contributed by atoms with van der Waals surface area (Å²) in [5.74, 6) is 0.603. The van der Waals surface area contributed by atoms with Crippen LogP contribution in [0.2, 0.25) is 0 Å². The molecule has 0 radical (unpaired) electrons. The Bertz CT molecular complexity index is 703. The molecule has 0 amide bonds. The van der Waals surface area contributed by atoms with Gasteiger partial charge in [0.15, 0.2) is 5.78 Å². The van der Waals surface area contributed by atoms with Gasteiger partial charge >= 0.3 is 0 Å². The van der Waals surface area contributed by atoms with Gasteiger partial charge in [0.05, 0.1) is 10.9 Å². The van der Waals surface area contributed by atoms with Crippen LogP contribution in [-0.2, 0) is 17.8 Å². The molecule has 3 rings (SSSR count). The van der Waals surface area contributed by atoms with Crippen LogP contribution in [0.4, 0.5) is 0 Å². The summed E-state index contributed by atoms with van der Waals surface area (Å²) in [5, 5.41) is 0.462. The predicted molar refractivity (Wildman–Crippen MR) is 65.7 cm³/mol. The number of aromatic nitrogens is 2. The van der Waals surface area contributed by atoms with Gasteiger partial charge in [-0.3, -0.25) is 9.59 Å². The van der Waals surface area contributed by atoms with Crippen molar-refractivity contribution in [3.05, 3.63) is 39.4 Å². The van der Waals surface area contributed by atoms with Gasteiger partial charge in [0.25, 0.3) is 5.56 Å². The summed E-state index contributed by atoms with van der Waals surface area (Å²) in [5.41, 5.74) is 2.04. The van der Waals surface area contributed by atoms with Crippen LogP contribution in [0.1, 0.15) is 28.2 Å². The van der Waals surface area contributed by atoms with E-state index >= 15 is 0 Å². The Hall–Kier alpha value is -2.01. The van der Waals surface area contributed by atoms with Gasteiger partial charge in [-0.15, -0.1) is 0 Å². The smallest absolute Gasteiger partial charge is 0.258 e. The van der Waals surface area contributed by atoms with Crippen molar-refractivity contribution < 1.29 is 9.53 Å². The maximum absolute atomic E-state index is 11.9. The van der Waals surface area contributed by atoms with Gasteiger partial charge < -0.3 is 9.72 Å². The van der Waals surface area contributed by atoms with Crippen molar-refractivity contribution in [2.75, 3.05) is 7.11 Å². The van der Waals surface area contributed by atoms with E-state index < -0.39 is 0 Å². The van der Waals surface area contributed by atoms with Crippen LogP contribution in [0.5, 0.6) is 0 Å². The van der Waals surface area contributed by atoms with Crippen molar-refractivity contribution in [1.82, 2.24) is 9.97 Å². The van der Waals surface area contributed by atoms with Crippen LogP contribution in [0, 0.1) is 0 Å². The Kier molecular flexibility index (Phi) is 2.48. The highest BCUT2D eigenvalue weighted by Gasteiger charge is 2.21. The third kappa shape index (κ3) is 1.64. The zero-order chi connectivity index (χ0) is 12.7. The number of aromatic amines is 1. The SMILES string of the molecule is COCc1nc2cc3c(cc2c(=O)[nH]1)C(=O)CC3. The molecule has 0 bridgehead atoms. The largest absolute Gasteiger partial charge is 0.377 e. The van der Waals surface area contributed by atoms with E-state index in [9.17, 15) is 9.59 Å². The lowest BCUT2D eigenvalue weighted by atomic mass is 10.1. The van der Waals surface area contributed by atoms with Crippen LogP contribution >= 0.6 is 0 Å². The second-order valence-electron chi connectivity index (χ2n) is 4.40. The molecule has 0 unspecified atom stereocenters. The van der Waals surface area contributed by atoms with E-state index in [-0.39, 0.29) is 17.9 Å². The molecule has 92 valence electrons. The van der Waals surface area contributed by atoms with Gasteiger partial charge in [0, 0.05) is 19.1 Å². The molecule has 1 aliphatic rings. The number of benzene rings is 1.